The molecule has 3 rings (SSSR count). The van der Waals surface area contributed by atoms with E-state index in [1.54, 1.807) is 13.0 Å². The molecule has 1 fully saturated rings. The van der Waals surface area contributed by atoms with E-state index in [9.17, 15) is 9.18 Å². The van der Waals surface area contributed by atoms with Gasteiger partial charge in [-0.2, -0.15) is 0 Å². The highest BCUT2D eigenvalue weighted by molar-refractivity contribution is 6.48. The number of rotatable bonds is 8. The van der Waals surface area contributed by atoms with Crippen LogP contribution in [0.2, 0.25) is 0 Å². The molecule has 0 bridgehead atoms. The van der Waals surface area contributed by atoms with E-state index in [0.717, 1.165) is 11.1 Å². The largest absolute Gasteiger partial charge is 0.489 e. The van der Waals surface area contributed by atoms with Crippen LogP contribution in [0.3, 0.4) is 0 Å². The van der Waals surface area contributed by atoms with E-state index in [1.165, 1.54) is 12.1 Å². The van der Waals surface area contributed by atoms with E-state index in [4.69, 9.17) is 18.8 Å². The van der Waals surface area contributed by atoms with Gasteiger partial charge in [-0.3, -0.25) is 4.79 Å². The molecule has 1 heterocycles. The lowest BCUT2D eigenvalue weighted by atomic mass is 9.66. The number of hydrogen-bond donors (Lipinski definition) is 0. The van der Waals surface area contributed by atoms with Crippen LogP contribution in [-0.4, -0.2) is 30.9 Å². The second kappa shape index (κ2) is 9.41. The highest BCUT2D eigenvalue weighted by atomic mass is 19.1. The molecular weight excluding hydrogens is 398 g/mol. The van der Waals surface area contributed by atoms with Gasteiger partial charge in [-0.25, -0.2) is 4.39 Å². The molecule has 0 radical (unpaired) electrons. The summed E-state index contributed by atoms with van der Waals surface area (Å²) in [6.07, 6.45) is 0.147. The maximum Gasteiger partial charge on any atom is 0.466 e. The Morgan fingerprint density at radius 2 is 1.71 bits per heavy atom. The Kier molecular flexibility index (Phi) is 7.07. The molecule has 1 aliphatic heterocycles. The summed E-state index contributed by atoms with van der Waals surface area (Å²) in [5.41, 5.74) is 0.642. The topological polar surface area (TPSA) is 54.0 Å². The third kappa shape index (κ3) is 5.66. The second-order valence-electron chi connectivity index (χ2n) is 8.73. The normalized spacial score (nSPS) is 17.9. The first kappa shape index (κ1) is 23.3. The molecule has 5 nitrogen and oxygen atoms in total. The second-order valence-corrected chi connectivity index (χ2v) is 8.73. The van der Waals surface area contributed by atoms with Crippen molar-refractivity contribution in [1.29, 1.82) is 0 Å². The number of halogens is 1. The van der Waals surface area contributed by atoms with Crippen molar-refractivity contribution in [3.8, 4) is 5.75 Å². The molecule has 7 heteroatoms. The standard InChI is InChI=1S/C24H30BFO5/c1-6-28-22(27)15-21(25-30-23(2,3)24(4,5)31-25)18-10-12-20(13-11-18)29-16-17-8-7-9-19(26)14-17/h7-14,21H,6,15-16H2,1-5H3. The maximum atomic E-state index is 13.3. The summed E-state index contributed by atoms with van der Waals surface area (Å²) >= 11 is 0. The van der Waals surface area contributed by atoms with Crippen LogP contribution >= 0.6 is 0 Å². The lowest BCUT2D eigenvalue weighted by Gasteiger charge is -2.32. The summed E-state index contributed by atoms with van der Waals surface area (Å²) < 4.78 is 36.7. The van der Waals surface area contributed by atoms with Gasteiger partial charge in [-0.1, -0.05) is 24.3 Å². The fourth-order valence-corrected chi connectivity index (χ4v) is 3.43. The maximum absolute atomic E-state index is 13.3. The molecule has 0 spiro atoms. The van der Waals surface area contributed by atoms with Crippen molar-refractivity contribution in [2.24, 2.45) is 0 Å². The summed E-state index contributed by atoms with van der Waals surface area (Å²) in [7, 11) is -0.575. The lowest BCUT2D eigenvalue weighted by molar-refractivity contribution is -0.143. The van der Waals surface area contributed by atoms with E-state index in [0.29, 0.717) is 12.4 Å². The van der Waals surface area contributed by atoms with Gasteiger partial charge < -0.3 is 18.8 Å². The van der Waals surface area contributed by atoms with Crippen molar-refractivity contribution in [1.82, 2.24) is 0 Å². The Bertz CT molecular complexity index is 881. The van der Waals surface area contributed by atoms with Gasteiger partial charge in [0.05, 0.1) is 24.2 Å². The molecule has 0 N–H and O–H groups in total. The zero-order chi connectivity index (χ0) is 22.6. The van der Waals surface area contributed by atoms with Gasteiger partial charge in [0.15, 0.2) is 0 Å². The quantitative estimate of drug-likeness (QED) is 0.434. The number of benzene rings is 2. The zero-order valence-corrected chi connectivity index (χ0v) is 18.8. The van der Waals surface area contributed by atoms with Gasteiger partial charge in [-0.05, 0) is 70.0 Å². The highest BCUT2D eigenvalue weighted by Gasteiger charge is 2.54. The predicted octanol–water partition coefficient (Wildman–Crippen LogP) is 5.07. The Labute approximate surface area is 184 Å². The Hall–Kier alpha value is -2.38. The van der Waals surface area contributed by atoms with E-state index in [1.807, 2.05) is 58.0 Å². The van der Waals surface area contributed by atoms with Crippen LogP contribution < -0.4 is 4.74 Å². The van der Waals surface area contributed by atoms with Crippen molar-refractivity contribution in [2.45, 2.75) is 64.7 Å². The molecule has 1 aliphatic rings. The monoisotopic (exact) mass is 428 g/mol. The fourth-order valence-electron chi connectivity index (χ4n) is 3.43. The Morgan fingerprint density at radius 3 is 2.29 bits per heavy atom. The molecular formula is C24H30BFO5. The number of carbonyl (C=O) groups excluding carboxylic acids is 1. The van der Waals surface area contributed by atoms with Crippen LogP contribution in [0.25, 0.3) is 0 Å². The van der Waals surface area contributed by atoms with E-state index < -0.39 is 18.3 Å². The number of carbonyl (C=O) groups is 1. The average Bonchev–Trinajstić information content (AvgIpc) is 2.92. The molecule has 0 amide bonds. The summed E-state index contributed by atoms with van der Waals surface area (Å²) in [6.45, 7) is 10.3. The van der Waals surface area contributed by atoms with E-state index in [2.05, 4.69) is 0 Å². The van der Waals surface area contributed by atoms with Crippen LogP contribution in [0.5, 0.6) is 5.75 Å². The minimum Gasteiger partial charge on any atom is -0.489 e. The minimum absolute atomic E-state index is 0.147. The molecule has 1 atom stereocenters. The van der Waals surface area contributed by atoms with Gasteiger partial charge in [0.2, 0.25) is 0 Å². The third-order valence-electron chi connectivity index (χ3n) is 5.89. The van der Waals surface area contributed by atoms with Crippen LogP contribution in [-0.2, 0) is 25.4 Å². The first-order valence-corrected chi connectivity index (χ1v) is 10.6. The number of esters is 1. The minimum atomic E-state index is -0.575. The summed E-state index contributed by atoms with van der Waals surface area (Å²) in [4.78, 5) is 12.3. The van der Waals surface area contributed by atoms with Crippen LogP contribution in [0.4, 0.5) is 4.39 Å². The van der Waals surface area contributed by atoms with Crippen molar-refractivity contribution >= 4 is 13.1 Å². The molecule has 0 aromatic heterocycles. The van der Waals surface area contributed by atoms with Crippen molar-refractivity contribution in [3.05, 3.63) is 65.5 Å². The smallest absolute Gasteiger partial charge is 0.466 e. The molecule has 2 aromatic rings. The first-order chi connectivity index (χ1) is 14.6. The Balaban J connectivity index is 1.75. The molecule has 166 valence electrons. The fraction of sp³-hybridized carbons (Fsp3) is 0.458. The molecule has 31 heavy (non-hydrogen) atoms. The van der Waals surface area contributed by atoms with Crippen LogP contribution in [0, 0.1) is 5.82 Å². The van der Waals surface area contributed by atoms with Gasteiger partial charge in [0, 0.05) is 5.82 Å². The average molecular weight is 428 g/mol. The van der Waals surface area contributed by atoms with Crippen LogP contribution in [0.1, 0.15) is 58.0 Å². The van der Waals surface area contributed by atoms with Gasteiger partial charge in [-0.15, -0.1) is 0 Å². The van der Waals surface area contributed by atoms with Gasteiger partial charge in [0.25, 0.3) is 0 Å². The first-order valence-electron chi connectivity index (χ1n) is 10.6. The molecule has 1 saturated heterocycles. The zero-order valence-electron chi connectivity index (χ0n) is 18.8. The lowest BCUT2D eigenvalue weighted by Crippen LogP contribution is -2.41. The SMILES string of the molecule is CCOC(=O)CC(B1OC(C)(C)C(C)(C)O1)c1ccc(OCc2cccc(F)c2)cc1. The van der Waals surface area contributed by atoms with Crippen LogP contribution in [0.15, 0.2) is 48.5 Å². The molecule has 1 unspecified atom stereocenters. The molecule has 0 saturated carbocycles. The van der Waals surface area contributed by atoms with Gasteiger partial charge in [0.1, 0.15) is 18.2 Å². The van der Waals surface area contributed by atoms with Crippen molar-refractivity contribution < 1.29 is 28.0 Å². The van der Waals surface area contributed by atoms with Crippen molar-refractivity contribution in [3.63, 3.8) is 0 Å². The van der Waals surface area contributed by atoms with Crippen molar-refractivity contribution in [2.75, 3.05) is 6.61 Å². The predicted molar refractivity (Wildman–Crippen MR) is 117 cm³/mol. The Morgan fingerprint density at radius 1 is 1.06 bits per heavy atom. The summed E-state index contributed by atoms with van der Waals surface area (Å²) in [6, 6.07) is 13.8. The molecule has 2 aromatic carbocycles. The van der Waals surface area contributed by atoms with Gasteiger partial charge >= 0.3 is 13.1 Å². The number of hydrogen-bond acceptors (Lipinski definition) is 5. The highest BCUT2D eigenvalue weighted by Crippen LogP contribution is 2.42. The molecule has 0 aliphatic carbocycles. The summed E-state index contributed by atoms with van der Waals surface area (Å²) in [5.74, 6) is -0.261. The summed E-state index contributed by atoms with van der Waals surface area (Å²) in [5, 5.41) is 0. The van der Waals surface area contributed by atoms with E-state index in [-0.39, 0.29) is 30.6 Å². The van der Waals surface area contributed by atoms with E-state index >= 15 is 0 Å². The number of ether oxygens (including phenoxy) is 2. The third-order valence-corrected chi connectivity index (χ3v) is 5.89.